The van der Waals surface area contributed by atoms with Crippen LogP contribution in [0.5, 0.6) is 0 Å². The second kappa shape index (κ2) is 8.45. The molecule has 5 nitrogen and oxygen atoms in total. The number of hydrogen-bond acceptors (Lipinski definition) is 4. The van der Waals surface area contributed by atoms with Crippen molar-refractivity contribution in [2.45, 2.75) is 26.4 Å². The van der Waals surface area contributed by atoms with Gasteiger partial charge in [-0.25, -0.2) is 4.79 Å². The van der Waals surface area contributed by atoms with E-state index in [1.807, 2.05) is 81.4 Å². The molecule has 2 N–H and O–H groups in total. The summed E-state index contributed by atoms with van der Waals surface area (Å²) in [5.74, 6) is 0.618. The van der Waals surface area contributed by atoms with Gasteiger partial charge < -0.3 is 15.4 Å². The zero-order valence-corrected chi connectivity index (χ0v) is 17.5. The van der Waals surface area contributed by atoms with Crippen molar-refractivity contribution in [2.75, 3.05) is 10.6 Å². The van der Waals surface area contributed by atoms with Gasteiger partial charge in [-0.1, -0.05) is 30.3 Å². The summed E-state index contributed by atoms with van der Waals surface area (Å²) in [5, 5.41) is 7.09. The predicted molar refractivity (Wildman–Crippen MR) is 119 cm³/mol. The van der Waals surface area contributed by atoms with Gasteiger partial charge in [-0.15, -0.1) is 0 Å². The molecular formula is C23H24ClN3O2. The number of halogens is 1. The summed E-state index contributed by atoms with van der Waals surface area (Å²) in [6.07, 6.45) is 1.29. The maximum Gasteiger partial charge on any atom is 0.418 e. The molecule has 0 fully saturated rings. The van der Waals surface area contributed by atoms with Crippen molar-refractivity contribution >= 4 is 29.1 Å². The second-order valence-corrected chi connectivity index (χ2v) is 8.00. The Labute approximate surface area is 176 Å². The largest absolute Gasteiger partial charge is 0.443 e. The van der Waals surface area contributed by atoms with Crippen molar-refractivity contribution in [2.24, 2.45) is 0 Å². The summed E-state index contributed by atoms with van der Waals surface area (Å²) in [6.45, 7) is 9.55. The Kier molecular flexibility index (Phi) is 5.99. The molecule has 0 bridgehead atoms. The third kappa shape index (κ3) is 5.65. The zero-order chi connectivity index (χ0) is 21.0. The van der Waals surface area contributed by atoms with Crippen molar-refractivity contribution in [3.63, 3.8) is 0 Å². The van der Waals surface area contributed by atoms with E-state index in [4.69, 9.17) is 16.3 Å². The van der Waals surface area contributed by atoms with Crippen LogP contribution in [0.3, 0.4) is 0 Å². The molecule has 6 heteroatoms. The smallest absolute Gasteiger partial charge is 0.418 e. The summed E-state index contributed by atoms with van der Waals surface area (Å²) < 4.78 is 6.99. The normalized spacial score (nSPS) is 11.0. The highest BCUT2D eigenvalue weighted by molar-refractivity contribution is 6.30. The van der Waals surface area contributed by atoms with Crippen molar-refractivity contribution in [1.29, 1.82) is 0 Å². The first-order chi connectivity index (χ1) is 13.7. The number of carbonyl (C=O) groups is 1. The molecule has 0 saturated carbocycles. The number of aromatic nitrogens is 1. The van der Waals surface area contributed by atoms with Crippen LogP contribution in [0.2, 0.25) is 5.02 Å². The molecule has 0 saturated heterocycles. The minimum Gasteiger partial charge on any atom is -0.443 e. The van der Waals surface area contributed by atoms with Crippen LogP contribution in [0, 0.1) is 0 Å². The van der Waals surface area contributed by atoms with E-state index in [-0.39, 0.29) is 0 Å². The molecule has 150 valence electrons. The molecule has 3 rings (SSSR count). The van der Waals surface area contributed by atoms with Gasteiger partial charge in [-0.05, 0) is 69.3 Å². The van der Waals surface area contributed by atoms with Gasteiger partial charge in [0.2, 0.25) is 0 Å². The number of rotatable bonds is 5. The Hall–Kier alpha value is -3.18. The number of benzene rings is 2. The molecular weight excluding hydrogens is 386 g/mol. The lowest BCUT2D eigenvalue weighted by Gasteiger charge is -2.20. The molecule has 0 aliphatic heterocycles. The first-order valence-electron chi connectivity index (χ1n) is 9.21. The highest BCUT2D eigenvalue weighted by atomic mass is 35.5. The summed E-state index contributed by atoms with van der Waals surface area (Å²) in [4.78, 5) is 12.5. The standard InChI is InChI=1S/C23H24ClN3O2/c1-16(25-19-12-10-18(24)11-13-19)26-20-8-5-7-17(15-20)21-9-6-14-27(21)22(28)29-23(2,3)4/h5-15,25-26H,1H2,2-4H3. The van der Waals surface area contributed by atoms with Gasteiger partial charge in [-0.3, -0.25) is 4.57 Å². The summed E-state index contributed by atoms with van der Waals surface area (Å²) in [6, 6.07) is 18.8. The third-order valence-electron chi connectivity index (χ3n) is 3.93. The molecule has 0 unspecified atom stereocenters. The number of carbonyl (C=O) groups excluding carboxylic acids is 1. The van der Waals surface area contributed by atoms with Crippen LogP contribution < -0.4 is 10.6 Å². The van der Waals surface area contributed by atoms with E-state index >= 15 is 0 Å². The average molecular weight is 410 g/mol. The van der Waals surface area contributed by atoms with Gasteiger partial charge in [0.25, 0.3) is 0 Å². The highest BCUT2D eigenvalue weighted by Gasteiger charge is 2.19. The van der Waals surface area contributed by atoms with Crippen molar-refractivity contribution < 1.29 is 9.53 Å². The minimum absolute atomic E-state index is 0.412. The van der Waals surface area contributed by atoms with Crippen LogP contribution in [0.1, 0.15) is 20.8 Å². The maximum absolute atomic E-state index is 12.5. The average Bonchev–Trinajstić information content (AvgIpc) is 3.12. The van der Waals surface area contributed by atoms with Gasteiger partial charge >= 0.3 is 6.09 Å². The molecule has 3 aromatic rings. The van der Waals surface area contributed by atoms with Crippen LogP contribution in [0.25, 0.3) is 11.3 Å². The van der Waals surface area contributed by atoms with E-state index < -0.39 is 11.7 Å². The predicted octanol–water partition coefficient (Wildman–Crippen LogP) is 6.59. The molecule has 0 radical (unpaired) electrons. The van der Waals surface area contributed by atoms with Gasteiger partial charge in [0, 0.05) is 28.2 Å². The number of hydrogen-bond donors (Lipinski definition) is 2. The topological polar surface area (TPSA) is 55.3 Å². The van der Waals surface area contributed by atoms with Crippen LogP contribution in [-0.4, -0.2) is 16.3 Å². The fraction of sp³-hybridized carbons (Fsp3) is 0.174. The Morgan fingerprint density at radius 2 is 1.69 bits per heavy atom. The number of anilines is 2. The maximum atomic E-state index is 12.5. The van der Waals surface area contributed by atoms with Crippen LogP contribution >= 0.6 is 11.6 Å². The van der Waals surface area contributed by atoms with Gasteiger partial charge in [-0.2, -0.15) is 0 Å². The van der Waals surface area contributed by atoms with E-state index in [1.54, 1.807) is 6.20 Å². The van der Waals surface area contributed by atoms with E-state index in [9.17, 15) is 4.79 Å². The summed E-state index contributed by atoms with van der Waals surface area (Å²) in [5.41, 5.74) is 2.78. The molecule has 1 heterocycles. The lowest BCUT2D eigenvalue weighted by atomic mass is 10.1. The summed E-state index contributed by atoms with van der Waals surface area (Å²) >= 11 is 5.91. The van der Waals surface area contributed by atoms with Crippen LogP contribution in [0.15, 0.2) is 79.3 Å². The number of ether oxygens (including phenoxy) is 1. The Balaban J connectivity index is 1.75. The van der Waals surface area contributed by atoms with Gasteiger partial charge in [0.1, 0.15) is 11.4 Å². The van der Waals surface area contributed by atoms with E-state index in [2.05, 4.69) is 17.2 Å². The molecule has 1 aromatic heterocycles. The minimum atomic E-state index is -0.562. The highest BCUT2D eigenvalue weighted by Crippen LogP contribution is 2.25. The SMILES string of the molecule is C=C(Nc1ccc(Cl)cc1)Nc1cccc(-c2cccn2C(=O)OC(C)(C)C)c1. The number of nitrogens with zero attached hydrogens (tertiary/aromatic N) is 1. The van der Waals surface area contributed by atoms with Crippen LogP contribution in [-0.2, 0) is 4.74 Å². The molecule has 2 aromatic carbocycles. The Bertz CT molecular complexity index is 1020. The first-order valence-corrected chi connectivity index (χ1v) is 9.59. The lowest BCUT2D eigenvalue weighted by molar-refractivity contribution is 0.0540. The fourth-order valence-corrected chi connectivity index (χ4v) is 2.88. The van der Waals surface area contributed by atoms with Crippen molar-refractivity contribution in [1.82, 2.24) is 4.57 Å². The Morgan fingerprint density at radius 1 is 1.00 bits per heavy atom. The first kappa shape index (κ1) is 20.6. The van der Waals surface area contributed by atoms with Crippen molar-refractivity contribution in [3.05, 3.63) is 84.3 Å². The lowest BCUT2D eigenvalue weighted by Crippen LogP contribution is -2.27. The van der Waals surface area contributed by atoms with E-state index in [1.165, 1.54) is 4.57 Å². The van der Waals surface area contributed by atoms with E-state index in [0.29, 0.717) is 10.8 Å². The zero-order valence-electron chi connectivity index (χ0n) is 16.7. The van der Waals surface area contributed by atoms with Crippen molar-refractivity contribution in [3.8, 4) is 11.3 Å². The van der Waals surface area contributed by atoms with Gasteiger partial charge in [0.15, 0.2) is 0 Å². The Morgan fingerprint density at radius 3 is 2.38 bits per heavy atom. The quantitative estimate of drug-likeness (QED) is 0.499. The molecule has 0 spiro atoms. The fourth-order valence-electron chi connectivity index (χ4n) is 2.76. The molecule has 0 amide bonds. The monoisotopic (exact) mass is 409 g/mol. The van der Waals surface area contributed by atoms with Crippen LogP contribution in [0.4, 0.5) is 16.2 Å². The molecule has 0 aliphatic rings. The molecule has 0 aliphatic carbocycles. The third-order valence-corrected chi connectivity index (χ3v) is 4.18. The molecule has 29 heavy (non-hydrogen) atoms. The molecule has 0 atom stereocenters. The van der Waals surface area contributed by atoms with E-state index in [0.717, 1.165) is 22.6 Å². The van der Waals surface area contributed by atoms with Gasteiger partial charge in [0.05, 0.1) is 5.69 Å². The second-order valence-electron chi connectivity index (χ2n) is 7.56. The number of nitrogens with one attached hydrogen (secondary N) is 2. The summed E-state index contributed by atoms with van der Waals surface area (Å²) in [7, 11) is 0.